The van der Waals surface area contributed by atoms with E-state index >= 15 is 0 Å². The number of nitrogens with one attached hydrogen (secondary N) is 1. The van der Waals surface area contributed by atoms with Gasteiger partial charge in [-0.3, -0.25) is 0 Å². The lowest BCUT2D eigenvalue weighted by molar-refractivity contribution is -0.161. The second kappa shape index (κ2) is 9.50. The van der Waals surface area contributed by atoms with Gasteiger partial charge in [0.25, 0.3) is 0 Å². The first-order chi connectivity index (χ1) is 16.9. The van der Waals surface area contributed by atoms with Gasteiger partial charge >= 0.3 is 12.1 Å². The normalized spacial score (nSPS) is 12.7. The van der Waals surface area contributed by atoms with Crippen LogP contribution in [0.25, 0.3) is 10.9 Å². The number of H-pyrrole nitrogens is 1. The van der Waals surface area contributed by atoms with E-state index in [1.165, 1.54) is 18.2 Å². The molecule has 1 aromatic heterocycles. The number of carbonyl (C=O) groups is 1. The van der Waals surface area contributed by atoms with Crippen LogP contribution in [0.4, 0.5) is 18.9 Å². The molecule has 186 valence electrons. The Kier molecular flexibility index (Phi) is 6.60. The largest absolute Gasteiger partial charge is 0.494 e. The van der Waals surface area contributed by atoms with Crippen molar-refractivity contribution in [2.75, 3.05) is 6.61 Å². The summed E-state index contributed by atoms with van der Waals surface area (Å²) in [7, 11) is 0. The van der Waals surface area contributed by atoms with Gasteiger partial charge in [0.05, 0.1) is 22.5 Å². The molecule has 4 N–H and O–H groups in total. The summed E-state index contributed by atoms with van der Waals surface area (Å²) in [6.45, 7) is 2.12. The molecule has 0 aliphatic rings. The highest BCUT2D eigenvalue weighted by molar-refractivity contribution is 6.22. The predicted octanol–water partition coefficient (Wildman–Crippen LogP) is 5.96. The zero-order chi connectivity index (χ0) is 26.1. The smallest absolute Gasteiger partial charge is 0.422 e. The number of hydrogen-bond donors (Lipinski definition) is 3. The van der Waals surface area contributed by atoms with Gasteiger partial charge in [0, 0.05) is 22.0 Å². The average Bonchev–Trinajstić information content (AvgIpc) is 3.15. The molecule has 6 nitrogen and oxygen atoms in total. The minimum atomic E-state index is -4.63. The zero-order valence-corrected chi connectivity index (χ0v) is 19.6. The lowest BCUT2D eigenvalue weighted by Crippen LogP contribution is -2.28. The van der Waals surface area contributed by atoms with E-state index in [4.69, 9.17) is 10.7 Å². The summed E-state index contributed by atoms with van der Waals surface area (Å²) < 4.78 is 41.6. The number of benzene rings is 3. The van der Waals surface area contributed by atoms with Crippen LogP contribution in [0.3, 0.4) is 0 Å². The van der Waals surface area contributed by atoms with Gasteiger partial charge in [-0.1, -0.05) is 48.5 Å². The first-order valence-electron chi connectivity index (χ1n) is 11.0. The quantitative estimate of drug-likeness (QED) is 0.227. The SMILES string of the molecule is CC(C)(N)c1ccc(N=C(c2ccccc2)c2c(O)[nH]c3cc(C(=O)OCC(F)(F)F)ccc23)cc1. The first kappa shape index (κ1) is 25.0. The Morgan fingerprint density at radius 1 is 1.00 bits per heavy atom. The Hall–Kier alpha value is -4.11. The molecule has 0 aliphatic carbocycles. The fourth-order valence-corrected chi connectivity index (χ4v) is 3.74. The molecule has 4 aromatic rings. The van der Waals surface area contributed by atoms with Crippen molar-refractivity contribution >= 4 is 28.3 Å². The summed E-state index contributed by atoms with van der Waals surface area (Å²) in [5, 5.41) is 11.3. The molecule has 0 radical (unpaired) electrons. The Morgan fingerprint density at radius 2 is 1.67 bits per heavy atom. The van der Waals surface area contributed by atoms with Crippen LogP contribution in [-0.4, -0.2) is 34.6 Å². The number of aromatic amines is 1. The number of halogens is 3. The van der Waals surface area contributed by atoms with Gasteiger partial charge in [-0.2, -0.15) is 13.2 Å². The molecule has 0 atom stereocenters. The van der Waals surface area contributed by atoms with Crippen LogP contribution in [0, 0.1) is 0 Å². The highest BCUT2D eigenvalue weighted by Crippen LogP contribution is 2.32. The summed E-state index contributed by atoms with van der Waals surface area (Å²) in [6.07, 6.45) is -4.63. The molecular weight excluding hydrogens is 471 g/mol. The van der Waals surface area contributed by atoms with Crippen LogP contribution in [0.1, 0.15) is 40.9 Å². The van der Waals surface area contributed by atoms with Crippen molar-refractivity contribution < 1.29 is 27.8 Å². The second-order valence-electron chi connectivity index (χ2n) is 8.90. The summed E-state index contributed by atoms with van der Waals surface area (Å²) in [4.78, 5) is 19.7. The monoisotopic (exact) mass is 495 g/mol. The van der Waals surface area contributed by atoms with Crippen LogP contribution in [0.5, 0.6) is 5.88 Å². The number of nitrogens with two attached hydrogens (primary N) is 1. The van der Waals surface area contributed by atoms with Gasteiger partial charge in [0.15, 0.2) is 12.5 Å². The first-order valence-corrected chi connectivity index (χ1v) is 11.0. The van der Waals surface area contributed by atoms with E-state index < -0.39 is 24.3 Å². The molecule has 0 fully saturated rings. The van der Waals surface area contributed by atoms with E-state index in [-0.39, 0.29) is 11.4 Å². The van der Waals surface area contributed by atoms with E-state index in [0.29, 0.717) is 27.9 Å². The zero-order valence-electron chi connectivity index (χ0n) is 19.6. The highest BCUT2D eigenvalue weighted by atomic mass is 19.4. The molecule has 0 bridgehead atoms. The van der Waals surface area contributed by atoms with Gasteiger partial charge in [0.1, 0.15) is 0 Å². The molecule has 0 saturated carbocycles. The lowest BCUT2D eigenvalue weighted by Gasteiger charge is -2.19. The van der Waals surface area contributed by atoms with Crippen molar-refractivity contribution in [1.82, 2.24) is 4.98 Å². The molecule has 0 amide bonds. The number of esters is 1. The van der Waals surface area contributed by atoms with Crippen LogP contribution in [0.2, 0.25) is 0 Å². The van der Waals surface area contributed by atoms with Crippen molar-refractivity contribution in [3.8, 4) is 5.88 Å². The predicted molar refractivity (Wildman–Crippen MR) is 132 cm³/mol. The summed E-state index contributed by atoms with van der Waals surface area (Å²) in [5.74, 6) is -1.32. The Balaban J connectivity index is 1.78. The molecule has 9 heteroatoms. The van der Waals surface area contributed by atoms with Gasteiger partial charge in [-0.25, -0.2) is 9.79 Å². The van der Waals surface area contributed by atoms with Crippen molar-refractivity contribution in [3.05, 3.63) is 95.1 Å². The van der Waals surface area contributed by atoms with Crippen molar-refractivity contribution in [2.24, 2.45) is 10.7 Å². The number of aromatic hydroxyl groups is 1. The molecule has 0 saturated heterocycles. The Bertz CT molecular complexity index is 1420. The van der Waals surface area contributed by atoms with Crippen LogP contribution < -0.4 is 5.73 Å². The third kappa shape index (κ3) is 5.58. The molecule has 4 rings (SSSR count). The summed E-state index contributed by atoms with van der Waals surface area (Å²) in [5.41, 5.74) is 9.05. The van der Waals surface area contributed by atoms with E-state index in [1.54, 1.807) is 0 Å². The van der Waals surface area contributed by atoms with E-state index in [2.05, 4.69) is 9.72 Å². The number of alkyl halides is 3. The Morgan fingerprint density at radius 3 is 2.28 bits per heavy atom. The number of aliphatic imine (C=N–C) groups is 1. The third-order valence-electron chi connectivity index (χ3n) is 5.52. The number of ether oxygens (including phenoxy) is 1. The van der Waals surface area contributed by atoms with Crippen LogP contribution in [-0.2, 0) is 10.3 Å². The Labute approximate surface area is 205 Å². The second-order valence-corrected chi connectivity index (χ2v) is 8.90. The molecule has 0 aliphatic heterocycles. The average molecular weight is 496 g/mol. The van der Waals surface area contributed by atoms with E-state index in [9.17, 15) is 23.1 Å². The number of nitrogens with zero attached hydrogens (tertiary/aromatic N) is 1. The molecule has 1 heterocycles. The fraction of sp³-hybridized carbons (Fsp3) is 0.185. The maximum absolute atomic E-state index is 12.4. The van der Waals surface area contributed by atoms with Crippen molar-refractivity contribution in [1.29, 1.82) is 0 Å². The third-order valence-corrected chi connectivity index (χ3v) is 5.52. The molecule has 36 heavy (non-hydrogen) atoms. The molecule has 3 aromatic carbocycles. The van der Waals surface area contributed by atoms with E-state index in [0.717, 1.165) is 11.1 Å². The van der Waals surface area contributed by atoms with Gasteiger partial charge in [-0.05, 0) is 43.7 Å². The number of aromatic nitrogens is 1. The summed E-state index contributed by atoms with van der Waals surface area (Å²) in [6, 6.07) is 20.9. The van der Waals surface area contributed by atoms with Gasteiger partial charge in [0.2, 0.25) is 0 Å². The lowest BCUT2D eigenvalue weighted by atomic mass is 9.95. The van der Waals surface area contributed by atoms with Gasteiger partial charge < -0.3 is 20.6 Å². The number of fused-ring (bicyclic) bond motifs is 1. The standard InChI is InChI=1S/C27H24F3N3O3/c1-26(2,31)18-9-11-19(12-10-18)32-23(16-6-4-3-5-7-16)22-20-13-8-17(14-21(20)33-24(22)34)25(35)36-15-27(28,29)30/h3-14,33-34H,15,31H2,1-2H3. The molecule has 0 spiro atoms. The van der Waals surface area contributed by atoms with Crippen molar-refractivity contribution in [2.45, 2.75) is 25.6 Å². The number of hydrogen-bond acceptors (Lipinski definition) is 5. The highest BCUT2D eigenvalue weighted by Gasteiger charge is 2.30. The van der Waals surface area contributed by atoms with Crippen LogP contribution in [0.15, 0.2) is 77.8 Å². The fourth-order valence-electron chi connectivity index (χ4n) is 3.74. The topological polar surface area (TPSA) is 101 Å². The number of rotatable bonds is 6. The maximum atomic E-state index is 12.4. The molecular formula is C27H24F3N3O3. The minimum absolute atomic E-state index is 0.0854. The van der Waals surface area contributed by atoms with Crippen molar-refractivity contribution in [3.63, 3.8) is 0 Å². The minimum Gasteiger partial charge on any atom is -0.494 e. The maximum Gasteiger partial charge on any atom is 0.422 e. The van der Waals surface area contributed by atoms with E-state index in [1.807, 2.05) is 68.4 Å². The molecule has 0 unspecified atom stereocenters. The number of carbonyl (C=O) groups excluding carboxylic acids is 1. The van der Waals surface area contributed by atoms with Gasteiger partial charge in [-0.15, -0.1) is 0 Å². The van der Waals surface area contributed by atoms with Crippen LogP contribution >= 0.6 is 0 Å². The summed E-state index contributed by atoms with van der Waals surface area (Å²) >= 11 is 0.